The maximum Gasteiger partial charge on any atom is 0.142 e. The average Bonchev–Trinajstić information content (AvgIpc) is 2.32. The first-order valence-corrected chi connectivity index (χ1v) is 7.28. The molecular weight excluding hydrogens is 276 g/mol. The Morgan fingerprint density at radius 2 is 1.94 bits per heavy atom. The zero-order valence-corrected chi connectivity index (χ0v) is 12.9. The normalized spacial score (nSPS) is 10.9. The van der Waals surface area contributed by atoms with Crippen LogP contribution in [0.5, 0.6) is 0 Å². The maximum atomic E-state index is 4.55. The second kappa shape index (κ2) is 7.00. The van der Waals surface area contributed by atoms with Crippen LogP contribution in [-0.2, 0) is 0 Å². The molecule has 0 fully saturated rings. The average molecular weight is 299 g/mol. The Kier molecular flexibility index (Phi) is 5.96. The van der Waals surface area contributed by atoms with Crippen molar-refractivity contribution in [3.8, 4) is 0 Å². The van der Waals surface area contributed by atoms with Gasteiger partial charge in [0, 0.05) is 19.3 Å². The van der Waals surface area contributed by atoms with E-state index >= 15 is 0 Å². The molecule has 0 aromatic carbocycles. The number of pyridine rings is 1. The smallest absolute Gasteiger partial charge is 0.142 e. The lowest BCUT2D eigenvalue weighted by Gasteiger charge is -2.27. The Hall–Kier alpha value is -0.570. The topological polar surface area (TPSA) is 16.1 Å². The predicted molar refractivity (Wildman–Crippen MR) is 78.6 cm³/mol. The highest BCUT2D eigenvalue weighted by Gasteiger charge is 2.14. The third kappa shape index (κ3) is 3.98. The van der Waals surface area contributed by atoms with E-state index in [0.29, 0.717) is 0 Å². The van der Waals surface area contributed by atoms with Gasteiger partial charge in [-0.05, 0) is 47.3 Å². The Balaban J connectivity index is 2.85. The van der Waals surface area contributed by atoms with Crippen molar-refractivity contribution in [1.29, 1.82) is 0 Å². The summed E-state index contributed by atoms with van der Waals surface area (Å²) in [5, 5.41) is 0. The summed E-state index contributed by atoms with van der Waals surface area (Å²) in [7, 11) is 0. The Labute approximate surface area is 114 Å². The molecule has 3 heteroatoms. The van der Waals surface area contributed by atoms with Crippen molar-refractivity contribution < 1.29 is 0 Å². The minimum absolute atomic E-state index is 0.755. The van der Waals surface area contributed by atoms with Crippen LogP contribution in [0.3, 0.4) is 0 Å². The van der Waals surface area contributed by atoms with Gasteiger partial charge in [-0.3, -0.25) is 0 Å². The maximum absolute atomic E-state index is 4.55. The van der Waals surface area contributed by atoms with Gasteiger partial charge in [0.05, 0.1) is 4.47 Å². The van der Waals surface area contributed by atoms with Gasteiger partial charge in [0.15, 0.2) is 0 Å². The highest BCUT2D eigenvalue weighted by molar-refractivity contribution is 9.10. The Morgan fingerprint density at radius 1 is 1.29 bits per heavy atom. The van der Waals surface area contributed by atoms with E-state index in [2.05, 4.69) is 59.6 Å². The molecule has 0 saturated carbocycles. The van der Waals surface area contributed by atoms with Crippen molar-refractivity contribution in [2.45, 2.75) is 40.5 Å². The van der Waals surface area contributed by atoms with Crippen molar-refractivity contribution in [2.24, 2.45) is 5.92 Å². The summed E-state index contributed by atoms with van der Waals surface area (Å²) >= 11 is 3.62. The molecular formula is C14H23BrN2. The molecule has 1 aromatic heterocycles. The fourth-order valence-electron chi connectivity index (χ4n) is 1.98. The summed E-state index contributed by atoms with van der Waals surface area (Å²) in [5.41, 5.74) is 1.19. The standard InChI is InChI=1S/C14H23BrN2/c1-5-12(6-2)10-17(7-3)14-13(15)8-11(4)9-16-14/h8-9,12H,5-7,10H2,1-4H3. The van der Waals surface area contributed by atoms with Crippen LogP contribution in [0, 0.1) is 12.8 Å². The summed E-state index contributed by atoms with van der Waals surface area (Å²) in [6, 6.07) is 2.14. The van der Waals surface area contributed by atoms with Gasteiger partial charge in [0.1, 0.15) is 5.82 Å². The Morgan fingerprint density at radius 3 is 2.41 bits per heavy atom. The number of halogens is 1. The van der Waals surface area contributed by atoms with Gasteiger partial charge in [-0.2, -0.15) is 0 Å². The second-order valence-corrected chi connectivity index (χ2v) is 5.39. The van der Waals surface area contributed by atoms with Gasteiger partial charge >= 0.3 is 0 Å². The van der Waals surface area contributed by atoms with Crippen LogP contribution in [0.25, 0.3) is 0 Å². The molecule has 0 aliphatic rings. The first-order chi connectivity index (χ1) is 8.12. The van der Waals surface area contributed by atoms with E-state index in [4.69, 9.17) is 0 Å². The number of aryl methyl sites for hydroxylation is 1. The van der Waals surface area contributed by atoms with Crippen LogP contribution in [0.15, 0.2) is 16.7 Å². The van der Waals surface area contributed by atoms with Crippen LogP contribution >= 0.6 is 15.9 Å². The van der Waals surface area contributed by atoms with Gasteiger partial charge in [-0.1, -0.05) is 26.7 Å². The molecule has 0 amide bonds. The van der Waals surface area contributed by atoms with Crippen LogP contribution in [0.2, 0.25) is 0 Å². The molecule has 1 rings (SSSR count). The van der Waals surface area contributed by atoms with Gasteiger partial charge in [-0.15, -0.1) is 0 Å². The summed E-state index contributed by atoms with van der Waals surface area (Å²) in [5.74, 6) is 1.83. The van der Waals surface area contributed by atoms with Crippen molar-refractivity contribution in [3.05, 3.63) is 22.3 Å². The number of rotatable bonds is 6. The first kappa shape index (κ1) is 14.5. The van der Waals surface area contributed by atoms with Crippen LogP contribution in [0.1, 0.15) is 39.2 Å². The largest absolute Gasteiger partial charge is 0.356 e. The van der Waals surface area contributed by atoms with Crippen molar-refractivity contribution in [2.75, 3.05) is 18.0 Å². The molecule has 0 N–H and O–H groups in total. The van der Waals surface area contributed by atoms with Gasteiger partial charge < -0.3 is 4.90 Å². The van der Waals surface area contributed by atoms with E-state index in [0.717, 1.165) is 29.3 Å². The molecule has 0 unspecified atom stereocenters. The monoisotopic (exact) mass is 298 g/mol. The minimum Gasteiger partial charge on any atom is -0.356 e. The lowest BCUT2D eigenvalue weighted by Crippen LogP contribution is -2.30. The lowest BCUT2D eigenvalue weighted by molar-refractivity contribution is 0.484. The third-order valence-corrected chi connectivity index (χ3v) is 3.86. The quantitative estimate of drug-likeness (QED) is 0.773. The molecule has 0 radical (unpaired) electrons. The van der Waals surface area contributed by atoms with E-state index < -0.39 is 0 Å². The number of hydrogen-bond acceptors (Lipinski definition) is 2. The van der Waals surface area contributed by atoms with E-state index in [1.54, 1.807) is 0 Å². The molecule has 0 aliphatic heterocycles. The summed E-state index contributed by atoms with van der Waals surface area (Å²) in [6.45, 7) is 10.9. The van der Waals surface area contributed by atoms with Gasteiger partial charge in [0.25, 0.3) is 0 Å². The Bertz CT molecular complexity index is 348. The summed E-state index contributed by atoms with van der Waals surface area (Å²) < 4.78 is 1.10. The first-order valence-electron chi connectivity index (χ1n) is 6.49. The molecule has 1 aromatic rings. The van der Waals surface area contributed by atoms with E-state index in [9.17, 15) is 0 Å². The van der Waals surface area contributed by atoms with E-state index in [1.165, 1.54) is 18.4 Å². The van der Waals surface area contributed by atoms with Gasteiger partial charge in [0.2, 0.25) is 0 Å². The van der Waals surface area contributed by atoms with Crippen LogP contribution < -0.4 is 4.90 Å². The highest BCUT2D eigenvalue weighted by atomic mass is 79.9. The highest BCUT2D eigenvalue weighted by Crippen LogP contribution is 2.25. The molecule has 0 aliphatic carbocycles. The lowest BCUT2D eigenvalue weighted by atomic mass is 10.0. The zero-order valence-electron chi connectivity index (χ0n) is 11.3. The molecule has 0 spiro atoms. The SMILES string of the molecule is CCC(CC)CN(CC)c1ncc(C)cc1Br. The molecule has 17 heavy (non-hydrogen) atoms. The minimum atomic E-state index is 0.755. The number of anilines is 1. The number of hydrogen-bond donors (Lipinski definition) is 0. The van der Waals surface area contributed by atoms with E-state index in [-0.39, 0.29) is 0 Å². The number of aromatic nitrogens is 1. The van der Waals surface area contributed by atoms with Crippen molar-refractivity contribution >= 4 is 21.7 Å². The predicted octanol–water partition coefficient (Wildman–Crippen LogP) is 4.42. The molecule has 0 saturated heterocycles. The molecule has 96 valence electrons. The third-order valence-electron chi connectivity index (χ3n) is 3.27. The van der Waals surface area contributed by atoms with Crippen molar-refractivity contribution in [3.63, 3.8) is 0 Å². The second-order valence-electron chi connectivity index (χ2n) is 4.54. The molecule has 1 heterocycles. The number of nitrogens with zero attached hydrogens (tertiary/aromatic N) is 2. The van der Waals surface area contributed by atoms with E-state index in [1.807, 2.05) is 6.20 Å². The summed E-state index contributed by atoms with van der Waals surface area (Å²) in [6.07, 6.45) is 4.41. The van der Waals surface area contributed by atoms with Gasteiger partial charge in [-0.25, -0.2) is 4.98 Å². The van der Waals surface area contributed by atoms with Crippen molar-refractivity contribution in [1.82, 2.24) is 4.98 Å². The van der Waals surface area contributed by atoms with Crippen LogP contribution in [-0.4, -0.2) is 18.1 Å². The fourth-order valence-corrected chi connectivity index (χ4v) is 2.70. The molecule has 0 bridgehead atoms. The van der Waals surface area contributed by atoms with Crippen LogP contribution in [0.4, 0.5) is 5.82 Å². The molecule has 2 nitrogen and oxygen atoms in total. The fraction of sp³-hybridized carbons (Fsp3) is 0.643. The molecule has 0 atom stereocenters. The zero-order chi connectivity index (χ0) is 12.8. The summed E-state index contributed by atoms with van der Waals surface area (Å²) in [4.78, 5) is 6.91.